The standard InChI is InChI=1S/C21H21F5N4O4/c1-11-28-17(29-34-11)19(2,18(32)30-8-20(22,23)9-30)6-15(31)14-5-16(33-10-21(24,25)26)13(7-27-14)12-3-4-12/h5,7,12H,3-4,6,8-10H2,1-2H3. The minimum atomic E-state index is -4.57. The number of pyridine rings is 1. The highest BCUT2D eigenvalue weighted by Crippen LogP contribution is 2.44. The molecule has 0 radical (unpaired) electrons. The molecule has 184 valence electrons. The number of halogens is 5. The van der Waals surface area contributed by atoms with Crippen LogP contribution in [0.2, 0.25) is 0 Å². The number of hydrogen-bond donors (Lipinski definition) is 0. The Balaban J connectivity index is 1.60. The van der Waals surface area contributed by atoms with E-state index in [4.69, 9.17) is 9.26 Å². The molecular weight excluding hydrogens is 467 g/mol. The Morgan fingerprint density at radius 3 is 2.47 bits per heavy atom. The number of amides is 1. The first kappa shape index (κ1) is 24.0. The second-order valence-electron chi connectivity index (χ2n) is 8.87. The maximum atomic E-state index is 13.4. The number of nitrogens with zero attached hydrogens (tertiary/aromatic N) is 4. The fraction of sp³-hybridized carbons (Fsp3) is 0.571. The highest BCUT2D eigenvalue weighted by Gasteiger charge is 2.53. The van der Waals surface area contributed by atoms with Crippen LogP contribution < -0.4 is 4.74 Å². The molecule has 4 rings (SSSR count). The van der Waals surface area contributed by atoms with Crippen LogP contribution in [0.25, 0.3) is 0 Å². The van der Waals surface area contributed by atoms with E-state index in [9.17, 15) is 31.5 Å². The van der Waals surface area contributed by atoms with Crippen molar-refractivity contribution in [2.45, 2.75) is 56.5 Å². The van der Waals surface area contributed by atoms with Crippen LogP contribution >= 0.6 is 0 Å². The van der Waals surface area contributed by atoms with Gasteiger partial charge in [-0.25, -0.2) is 8.78 Å². The molecule has 0 N–H and O–H groups in total. The molecule has 2 fully saturated rings. The lowest BCUT2D eigenvalue weighted by Gasteiger charge is -2.42. The third kappa shape index (κ3) is 5.02. The van der Waals surface area contributed by atoms with Crippen LogP contribution in [0.15, 0.2) is 16.8 Å². The van der Waals surface area contributed by atoms with Crippen molar-refractivity contribution in [1.29, 1.82) is 0 Å². The summed E-state index contributed by atoms with van der Waals surface area (Å²) in [5.74, 6) is -4.71. The molecule has 2 aliphatic rings. The van der Waals surface area contributed by atoms with Gasteiger partial charge in [-0.05, 0) is 25.7 Å². The number of hydrogen-bond acceptors (Lipinski definition) is 7. The number of carbonyl (C=O) groups excluding carboxylic acids is 2. The van der Waals surface area contributed by atoms with Gasteiger partial charge in [-0.1, -0.05) is 5.16 Å². The van der Waals surface area contributed by atoms with Crippen molar-refractivity contribution in [1.82, 2.24) is 20.0 Å². The summed E-state index contributed by atoms with van der Waals surface area (Å²) < 4.78 is 74.7. The summed E-state index contributed by atoms with van der Waals surface area (Å²) >= 11 is 0. The van der Waals surface area contributed by atoms with E-state index in [0.29, 0.717) is 5.56 Å². The highest BCUT2D eigenvalue weighted by molar-refractivity contribution is 6.00. The highest BCUT2D eigenvalue weighted by atomic mass is 19.4. The molecule has 2 aromatic heterocycles. The molecule has 2 aromatic rings. The van der Waals surface area contributed by atoms with Gasteiger partial charge in [0.1, 0.15) is 16.9 Å². The van der Waals surface area contributed by atoms with Gasteiger partial charge in [-0.2, -0.15) is 18.2 Å². The molecule has 3 heterocycles. The second-order valence-corrected chi connectivity index (χ2v) is 8.87. The van der Waals surface area contributed by atoms with Crippen LogP contribution in [0.5, 0.6) is 5.75 Å². The lowest BCUT2D eigenvalue weighted by molar-refractivity contribution is -0.171. The van der Waals surface area contributed by atoms with Crippen molar-refractivity contribution in [3.63, 3.8) is 0 Å². The van der Waals surface area contributed by atoms with E-state index in [2.05, 4.69) is 15.1 Å². The van der Waals surface area contributed by atoms with Gasteiger partial charge in [-0.3, -0.25) is 14.6 Å². The molecule has 1 aliphatic heterocycles. The fourth-order valence-corrected chi connectivity index (χ4v) is 3.78. The Morgan fingerprint density at radius 2 is 1.94 bits per heavy atom. The SMILES string of the molecule is Cc1nc(C(C)(CC(=O)c2cc(OCC(F)(F)F)c(C3CC3)cn2)C(=O)N2CC(F)(F)C2)no1. The number of aromatic nitrogens is 3. The van der Waals surface area contributed by atoms with Crippen molar-refractivity contribution < 1.29 is 40.8 Å². The van der Waals surface area contributed by atoms with Gasteiger partial charge in [0.05, 0.1) is 13.1 Å². The van der Waals surface area contributed by atoms with E-state index in [1.165, 1.54) is 20.0 Å². The van der Waals surface area contributed by atoms with E-state index < -0.39 is 55.3 Å². The monoisotopic (exact) mass is 488 g/mol. The lowest BCUT2D eigenvalue weighted by atomic mass is 9.80. The average Bonchev–Trinajstić information content (AvgIpc) is 3.48. The second kappa shape index (κ2) is 8.27. The van der Waals surface area contributed by atoms with Gasteiger partial charge in [0, 0.05) is 31.2 Å². The maximum Gasteiger partial charge on any atom is 0.422 e. The first-order valence-electron chi connectivity index (χ1n) is 10.5. The quantitative estimate of drug-likeness (QED) is 0.414. The molecule has 1 unspecified atom stereocenters. The predicted octanol–water partition coefficient (Wildman–Crippen LogP) is 3.60. The summed E-state index contributed by atoms with van der Waals surface area (Å²) in [7, 11) is 0. The Kier molecular flexibility index (Phi) is 5.85. The third-order valence-electron chi connectivity index (χ3n) is 5.73. The molecule has 1 saturated heterocycles. The van der Waals surface area contributed by atoms with Crippen LogP contribution in [-0.4, -0.2) is 63.5 Å². The molecule has 34 heavy (non-hydrogen) atoms. The molecule has 1 atom stereocenters. The predicted molar refractivity (Wildman–Crippen MR) is 105 cm³/mol. The summed E-state index contributed by atoms with van der Waals surface area (Å²) in [5, 5.41) is 3.71. The summed E-state index contributed by atoms with van der Waals surface area (Å²) in [5.41, 5.74) is -1.51. The average molecular weight is 488 g/mol. The summed E-state index contributed by atoms with van der Waals surface area (Å²) in [4.78, 5) is 35.2. The number of ether oxygens (including phenoxy) is 1. The smallest absolute Gasteiger partial charge is 0.422 e. The minimum Gasteiger partial charge on any atom is -0.484 e. The van der Waals surface area contributed by atoms with Crippen LogP contribution in [0.3, 0.4) is 0 Å². The van der Waals surface area contributed by atoms with E-state index >= 15 is 0 Å². The summed E-state index contributed by atoms with van der Waals surface area (Å²) in [6.45, 7) is -0.366. The zero-order chi connectivity index (χ0) is 24.9. The molecule has 13 heteroatoms. The van der Waals surface area contributed by atoms with E-state index in [0.717, 1.165) is 23.8 Å². The minimum absolute atomic E-state index is 0.00196. The number of alkyl halides is 5. The van der Waals surface area contributed by atoms with E-state index in [1.807, 2.05) is 0 Å². The summed E-state index contributed by atoms with van der Waals surface area (Å²) in [6.07, 6.45) is -2.32. The van der Waals surface area contributed by atoms with Crippen LogP contribution in [0, 0.1) is 6.92 Å². The number of ketones is 1. The topological polar surface area (TPSA) is 98.4 Å². The molecule has 0 bridgehead atoms. The number of likely N-dealkylation sites (tertiary alicyclic amines) is 1. The lowest BCUT2D eigenvalue weighted by Crippen LogP contribution is -2.62. The van der Waals surface area contributed by atoms with Crippen molar-refractivity contribution in [3.05, 3.63) is 35.2 Å². The number of aryl methyl sites for hydroxylation is 1. The zero-order valence-electron chi connectivity index (χ0n) is 18.3. The van der Waals surface area contributed by atoms with Gasteiger partial charge in [0.2, 0.25) is 11.8 Å². The Morgan fingerprint density at radius 1 is 1.26 bits per heavy atom. The molecule has 8 nitrogen and oxygen atoms in total. The van der Waals surface area contributed by atoms with Gasteiger partial charge in [0.25, 0.3) is 5.92 Å². The van der Waals surface area contributed by atoms with Gasteiger partial charge in [0.15, 0.2) is 18.2 Å². The normalized spacial score (nSPS) is 19.3. The van der Waals surface area contributed by atoms with Crippen LogP contribution in [0.4, 0.5) is 22.0 Å². The first-order chi connectivity index (χ1) is 15.8. The van der Waals surface area contributed by atoms with Gasteiger partial charge < -0.3 is 14.2 Å². The van der Waals surface area contributed by atoms with E-state index in [1.54, 1.807) is 0 Å². The van der Waals surface area contributed by atoms with Crippen molar-refractivity contribution in [3.8, 4) is 5.75 Å². The van der Waals surface area contributed by atoms with E-state index in [-0.39, 0.29) is 29.1 Å². The number of Topliss-reactive ketones (excluding diaryl/α,β-unsaturated/α-hetero) is 1. The van der Waals surface area contributed by atoms with Crippen molar-refractivity contribution in [2.75, 3.05) is 19.7 Å². The molecule has 1 aliphatic carbocycles. The van der Waals surface area contributed by atoms with Gasteiger partial charge >= 0.3 is 6.18 Å². The zero-order valence-corrected chi connectivity index (χ0v) is 18.3. The number of rotatable bonds is 8. The molecule has 0 aromatic carbocycles. The first-order valence-corrected chi connectivity index (χ1v) is 10.5. The Labute approximate surface area is 190 Å². The maximum absolute atomic E-state index is 13.4. The number of carbonyl (C=O) groups is 2. The molecular formula is C21H21F5N4O4. The fourth-order valence-electron chi connectivity index (χ4n) is 3.78. The third-order valence-corrected chi connectivity index (χ3v) is 5.73. The summed E-state index contributed by atoms with van der Waals surface area (Å²) in [6, 6.07) is 1.12. The van der Waals surface area contributed by atoms with Crippen molar-refractivity contribution in [2.24, 2.45) is 0 Å². The van der Waals surface area contributed by atoms with Crippen LogP contribution in [0.1, 0.15) is 59.9 Å². The molecule has 1 saturated carbocycles. The molecule has 1 amide bonds. The Bertz CT molecular complexity index is 1110. The van der Waals surface area contributed by atoms with Crippen molar-refractivity contribution >= 4 is 11.7 Å². The largest absolute Gasteiger partial charge is 0.484 e. The molecule has 0 spiro atoms. The van der Waals surface area contributed by atoms with Crippen LogP contribution in [-0.2, 0) is 10.2 Å². The Hall–Kier alpha value is -3.12. The van der Waals surface area contributed by atoms with Gasteiger partial charge in [-0.15, -0.1) is 0 Å².